The number of hydrogen-bond acceptors (Lipinski definition) is 4. The highest BCUT2D eigenvalue weighted by atomic mass is 32.2. The molecule has 3 rings (SSSR count). The molecule has 1 unspecified atom stereocenters. The Morgan fingerprint density at radius 1 is 1.22 bits per heavy atom. The molecule has 1 aliphatic heterocycles. The monoisotopic (exact) mass is 348 g/mol. The van der Waals surface area contributed by atoms with Gasteiger partial charge in [0.05, 0.1) is 10.9 Å². The van der Waals surface area contributed by atoms with Gasteiger partial charge in [-0.15, -0.1) is 11.8 Å². The Balaban J connectivity index is 1.99. The Labute approximate surface area is 142 Å². The fraction of sp³-hybridized carbons (Fsp3) is 0.353. The Hall–Kier alpha value is -1.37. The lowest BCUT2D eigenvalue weighted by Gasteiger charge is -2.25. The van der Waals surface area contributed by atoms with E-state index in [0.29, 0.717) is 11.4 Å². The van der Waals surface area contributed by atoms with Gasteiger partial charge >= 0.3 is 0 Å². The molecular formula is C17H20N2O2S2. The number of hydrogen-bond donors (Lipinski definition) is 0. The number of rotatable bonds is 4. The topological polar surface area (TPSA) is 50.3 Å². The van der Waals surface area contributed by atoms with E-state index >= 15 is 0 Å². The molecular weight excluding hydrogens is 328 g/mol. The first-order valence-electron chi connectivity index (χ1n) is 7.61. The second kappa shape index (κ2) is 6.63. The standard InChI is InChI=1S/C17H20N2O2S2/c1-13-7-9-14(10-8-13)23(20,21)19-12-4-6-16(19)15-5-3-11-18-17(15)22-2/h3,5,7-11,16H,4,6,12H2,1-2H3. The maximum absolute atomic E-state index is 13.0. The van der Waals surface area contributed by atoms with Crippen molar-refractivity contribution in [2.45, 2.75) is 35.7 Å². The maximum Gasteiger partial charge on any atom is 0.243 e. The zero-order valence-electron chi connectivity index (χ0n) is 13.3. The molecule has 1 aliphatic rings. The molecule has 0 N–H and O–H groups in total. The average molecular weight is 348 g/mol. The van der Waals surface area contributed by atoms with Crippen molar-refractivity contribution in [3.8, 4) is 0 Å². The number of aryl methyl sites for hydroxylation is 1. The van der Waals surface area contributed by atoms with Crippen LogP contribution in [0.5, 0.6) is 0 Å². The first-order valence-corrected chi connectivity index (χ1v) is 10.3. The highest BCUT2D eigenvalue weighted by Gasteiger charge is 2.37. The molecule has 0 aliphatic carbocycles. The van der Waals surface area contributed by atoms with Crippen molar-refractivity contribution in [1.82, 2.24) is 9.29 Å². The molecule has 0 saturated carbocycles. The van der Waals surface area contributed by atoms with Crippen LogP contribution in [0.1, 0.15) is 30.0 Å². The summed E-state index contributed by atoms with van der Waals surface area (Å²) in [5.41, 5.74) is 2.06. The number of sulfonamides is 1. The summed E-state index contributed by atoms with van der Waals surface area (Å²) in [5.74, 6) is 0. The summed E-state index contributed by atoms with van der Waals surface area (Å²) in [7, 11) is -3.48. The fourth-order valence-corrected chi connectivity index (χ4v) is 5.29. The van der Waals surface area contributed by atoms with Gasteiger partial charge in [0, 0.05) is 18.3 Å². The third-order valence-electron chi connectivity index (χ3n) is 4.18. The Bertz CT molecular complexity index is 788. The molecule has 1 atom stereocenters. The van der Waals surface area contributed by atoms with Gasteiger partial charge in [-0.3, -0.25) is 0 Å². The van der Waals surface area contributed by atoms with Gasteiger partial charge in [0.2, 0.25) is 10.0 Å². The zero-order chi connectivity index (χ0) is 16.4. The quantitative estimate of drug-likeness (QED) is 0.792. The van der Waals surface area contributed by atoms with E-state index in [4.69, 9.17) is 0 Å². The van der Waals surface area contributed by atoms with Crippen molar-refractivity contribution in [3.63, 3.8) is 0 Å². The fourth-order valence-electron chi connectivity index (χ4n) is 3.01. The summed E-state index contributed by atoms with van der Waals surface area (Å²) in [6.45, 7) is 2.51. The predicted octanol–water partition coefficient (Wildman–Crippen LogP) is 3.64. The minimum Gasteiger partial charge on any atom is -0.250 e. The molecule has 0 radical (unpaired) electrons. The molecule has 1 aromatic heterocycles. The van der Waals surface area contributed by atoms with Crippen molar-refractivity contribution in [3.05, 3.63) is 53.7 Å². The molecule has 0 spiro atoms. The Kier molecular flexibility index (Phi) is 4.75. The van der Waals surface area contributed by atoms with E-state index in [9.17, 15) is 8.42 Å². The molecule has 4 nitrogen and oxygen atoms in total. The van der Waals surface area contributed by atoms with E-state index in [0.717, 1.165) is 29.0 Å². The Morgan fingerprint density at radius 3 is 2.65 bits per heavy atom. The minimum atomic E-state index is -3.48. The normalized spacial score (nSPS) is 19.1. The van der Waals surface area contributed by atoms with Crippen molar-refractivity contribution in [2.24, 2.45) is 0 Å². The highest BCUT2D eigenvalue weighted by Crippen LogP contribution is 2.39. The van der Waals surface area contributed by atoms with Crippen LogP contribution in [0.15, 0.2) is 52.5 Å². The molecule has 6 heteroatoms. The van der Waals surface area contributed by atoms with Crippen LogP contribution in [0.25, 0.3) is 0 Å². The van der Waals surface area contributed by atoms with Crippen LogP contribution in [-0.4, -0.2) is 30.5 Å². The summed E-state index contributed by atoms with van der Waals surface area (Å²) >= 11 is 1.56. The molecule has 2 aromatic rings. The van der Waals surface area contributed by atoms with Gasteiger partial charge in [-0.05, 0) is 44.2 Å². The van der Waals surface area contributed by atoms with Crippen LogP contribution >= 0.6 is 11.8 Å². The zero-order valence-corrected chi connectivity index (χ0v) is 14.9. The molecule has 1 saturated heterocycles. The van der Waals surface area contributed by atoms with Crippen molar-refractivity contribution in [2.75, 3.05) is 12.8 Å². The molecule has 2 heterocycles. The molecule has 0 bridgehead atoms. The highest BCUT2D eigenvalue weighted by molar-refractivity contribution is 7.98. The smallest absolute Gasteiger partial charge is 0.243 e. The lowest BCUT2D eigenvalue weighted by Crippen LogP contribution is -2.31. The van der Waals surface area contributed by atoms with E-state index in [1.54, 1.807) is 34.4 Å². The van der Waals surface area contributed by atoms with Gasteiger partial charge in [0.15, 0.2) is 0 Å². The second-order valence-corrected chi connectivity index (χ2v) is 8.37. The molecule has 1 aromatic carbocycles. The van der Waals surface area contributed by atoms with E-state index in [-0.39, 0.29) is 6.04 Å². The van der Waals surface area contributed by atoms with E-state index in [2.05, 4.69) is 4.98 Å². The van der Waals surface area contributed by atoms with Crippen molar-refractivity contribution >= 4 is 21.8 Å². The van der Waals surface area contributed by atoms with Gasteiger partial charge in [-0.2, -0.15) is 4.31 Å². The van der Waals surface area contributed by atoms with Gasteiger partial charge in [0.1, 0.15) is 5.03 Å². The minimum absolute atomic E-state index is 0.127. The third-order valence-corrected chi connectivity index (χ3v) is 6.83. The molecule has 1 fully saturated rings. The van der Waals surface area contributed by atoms with Crippen molar-refractivity contribution < 1.29 is 8.42 Å². The number of nitrogens with zero attached hydrogens (tertiary/aromatic N) is 2. The van der Waals surface area contributed by atoms with Crippen LogP contribution in [-0.2, 0) is 10.0 Å². The summed E-state index contributed by atoms with van der Waals surface area (Å²) in [6, 6.07) is 10.8. The van der Waals surface area contributed by atoms with Gasteiger partial charge in [0.25, 0.3) is 0 Å². The van der Waals surface area contributed by atoms with E-state index in [1.165, 1.54) is 0 Å². The van der Waals surface area contributed by atoms with Gasteiger partial charge in [-0.1, -0.05) is 23.8 Å². The summed E-state index contributed by atoms with van der Waals surface area (Å²) < 4.78 is 27.7. The van der Waals surface area contributed by atoms with Crippen LogP contribution < -0.4 is 0 Å². The number of aromatic nitrogens is 1. The van der Waals surface area contributed by atoms with Gasteiger partial charge < -0.3 is 0 Å². The van der Waals surface area contributed by atoms with Crippen LogP contribution in [0.4, 0.5) is 0 Å². The first-order chi connectivity index (χ1) is 11.0. The van der Waals surface area contributed by atoms with Gasteiger partial charge in [-0.25, -0.2) is 13.4 Å². The Morgan fingerprint density at radius 2 is 1.96 bits per heavy atom. The predicted molar refractivity (Wildman–Crippen MR) is 93.1 cm³/mol. The number of pyridine rings is 1. The van der Waals surface area contributed by atoms with Crippen LogP contribution in [0.2, 0.25) is 0 Å². The summed E-state index contributed by atoms with van der Waals surface area (Å²) in [4.78, 5) is 4.75. The second-order valence-electron chi connectivity index (χ2n) is 5.69. The maximum atomic E-state index is 13.0. The summed E-state index contributed by atoms with van der Waals surface area (Å²) in [5, 5.41) is 0.906. The largest absolute Gasteiger partial charge is 0.250 e. The van der Waals surface area contributed by atoms with Crippen LogP contribution in [0, 0.1) is 6.92 Å². The van der Waals surface area contributed by atoms with E-state index in [1.807, 2.05) is 37.4 Å². The molecule has 23 heavy (non-hydrogen) atoms. The summed E-state index contributed by atoms with van der Waals surface area (Å²) in [6.07, 6.45) is 5.44. The van der Waals surface area contributed by atoms with E-state index < -0.39 is 10.0 Å². The number of thioether (sulfide) groups is 1. The number of benzene rings is 1. The third kappa shape index (κ3) is 3.16. The van der Waals surface area contributed by atoms with Crippen LogP contribution in [0.3, 0.4) is 0 Å². The lowest BCUT2D eigenvalue weighted by molar-refractivity contribution is 0.391. The first kappa shape index (κ1) is 16.5. The molecule has 0 amide bonds. The average Bonchev–Trinajstić information content (AvgIpc) is 3.05. The molecule has 122 valence electrons. The lowest BCUT2D eigenvalue weighted by atomic mass is 10.1. The SMILES string of the molecule is CSc1ncccc1C1CCCN1S(=O)(=O)c1ccc(C)cc1. The van der Waals surface area contributed by atoms with Crippen molar-refractivity contribution in [1.29, 1.82) is 0 Å².